The van der Waals surface area contributed by atoms with Gasteiger partial charge in [0.25, 0.3) is 0 Å². The lowest BCUT2D eigenvalue weighted by Gasteiger charge is -2.18. The van der Waals surface area contributed by atoms with Crippen LogP contribution in [0, 0.1) is 0 Å². The van der Waals surface area contributed by atoms with E-state index in [0.717, 1.165) is 77.0 Å². The fourth-order valence-electron chi connectivity index (χ4n) is 6.66. The lowest BCUT2D eigenvalue weighted by Crippen LogP contribution is -2.30. The molecule has 0 aliphatic carbocycles. The van der Waals surface area contributed by atoms with Crippen LogP contribution in [0.5, 0.6) is 0 Å². The number of hydrogen-bond donors (Lipinski definition) is 0. The first-order valence-corrected chi connectivity index (χ1v) is 24.8. The van der Waals surface area contributed by atoms with E-state index in [0.29, 0.717) is 19.3 Å². The number of carbonyl (C=O) groups excluding carboxylic acids is 3. The van der Waals surface area contributed by atoms with Crippen LogP contribution in [0.3, 0.4) is 0 Å². The third kappa shape index (κ3) is 46.0. The normalized spacial score (nSPS) is 12.5. The summed E-state index contributed by atoms with van der Waals surface area (Å²) in [7, 11) is 0. The third-order valence-corrected chi connectivity index (χ3v) is 10.5. The van der Waals surface area contributed by atoms with Crippen molar-refractivity contribution in [3.8, 4) is 0 Å². The molecule has 340 valence electrons. The van der Waals surface area contributed by atoms with Crippen LogP contribution < -0.4 is 0 Å². The van der Waals surface area contributed by atoms with E-state index in [-0.39, 0.29) is 31.1 Å². The second-order valence-electron chi connectivity index (χ2n) is 16.4. The maximum absolute atomic E-state index is 12.8. The Labute approximate surface area is 364 Å². The molecule has 0 radical (unpaired) electrons. The van der Waals surface area contributed by atoms with Gasteiger partial charge in [0, 0.05) is 19.3 Å². The van der Waals surface area contributed by atoms with E-state index in [2.05, 4.69) is 81.5 Å². The summed E-state index contributed by atoms with van der Waals surface area (Å²) in [5.41, 5.74) is 0. The monoisotopic (exact) mass is 825 g/mol. The van der Waals surface area contributed by atoms with Crippen LogP contribution in [0.1, 0.15) is 239 Å². The van der Waals surface area contributed by atoms with Gasteiger partial charge in [-0.05, 0) is 103 Å². The summed E-state index contributed by atoms with van der Waals surface area (Å²) < 4.78 is 16.7. The summed E-state index contributed by atoms with van der Waals surface area (Å²) in [6.45, 7) is 6.51. The number of carbonyl (C=O) groups is 3. The summed E-state index contributed by atoms with van der Waals surface area (Å²) in [5.74, 6) is -0.945. The first-order valence-electron chi connectivity index (χ1n) is 24.8. The highest BCUT2D eigenvalue weighted by Gasteiger charge is 2.19. The van der Waals surface area contributed by atoms with E-state index in [4.69, 9.17) is 14.2 Å². The van der Waals surface area contributed by atoms with E-state index >= 15 is 0 Å². The largest absolute Gasteiger partial charge is 0.462 e. The fraction of sp³-hybridized carbons (Fsp3) is 0.755. The molecule has 0 aromatic carbocycles. The number of rotatable bonds is 44. The van der Waals surface area contributed by atoms with Crippen LogP contribution >= 0.6 is 0 Å². The first kappa shape index (κ1) is 56.1. The summed E-state index contributed by atoms with van der Waals surface area (Å²) in [4.78, 5) is 37.8. The van der Waals surface area contributed by atoms with E-state index in [1.807, 2.05) is 0 Å². The molecular weight excluding hydrogens is 733 g/mol. The Morgan fingerprint density at radius 3 is 1.08 bits per heavy atom. The van der Waals surface area contributed by atoms with Gasteiger partial charge in [-0.15, -0.1) is 0 Å². The minimum absolute atomic E-state index is 0.0925. The molecule has 0 aromatic rings. The zero-order valence-electron chi connectivity index (χ0n) is 38.8. The van der Waals surface area contributed by atoms with Gasteiger partial charge in [-0.2, -0.15) is 0 Å². The standard InChI is InChI=1S/C53H92O6/c1-4-7-10-13-16-19-22-24-26-28-31-34-37-40-43-46-52(55)58-49-50(48-57-51(54)45-42-39-36-33-30-21-18-15-12-9-6-3)59-53(56)47-44-41-38-35-32-29-27-25-23-20-17-14-11-8-5-2/h15-16,18-20,23-24,26,31,34,50H,4-14,17,21-22,25,27-30,32-33,35-49H2,1-3H3/b18-15-,19-16-,23-20-,26-24-,34-31-/t50-/m0/s1. The fourth-order valence-corrected chi connectivity index (χ4v) is 6.66. The molecule has 0 N–H and O–H groups in total. The summed E-state index contributed by atoms with van der Waals surface area (Å²) in [6, 6.07) is 0. The maximum Gasteiger partial charge on any atom is 0.306 e. The molecule has 0 unspecified atom stereocenters. The van der Waals surface area contributed by atoms with E-state index in [1.165, 1.54) is 122 Å². The van der Waals surface area contributed by atoms with Gasteiger partial charge in [-0.1, -0.05) is 178 Å². The van der Waals surface area contributed by atoms with Crippen molar-refractivity contribution in [1.29, 1.82) is 0 Å². The zero-order valence-corrected chi connectivity index (χ0v) is 38.8. The van der Waals surface area contributed by atoms with Crippen molar-refractivity contribution in [3.63, 3.8) is 0 Å². The molecule has 6 heteroatoms. The zero-order chi connectivity index (χ0) is 43.0. The van der Waals surface area contributed by atoms with E-state index in [9.17, 15) is 14.4 Å². The molecule has 0 spiro atoms. The lowest BCUT2D eigenvalue weighted by molar-refractivity contribution is -0.167. The quantitative estimate of drug-likeness (QED) is 0.0263. The van der Waals surface area contributed by atoms with Crippen LogP contribution in [0.4, 0.5) is 0 Å². The van der Waals surface area contributed by atoms with E-state index < -0.39 is 6.10 Å². The van der Waals surface area contributed by atoms with Gasteiger partial charge in [-0.3, -0.25) is 14.4 Å². The van der Waals surface area contributed by atoms with Crippen molar-refractivity contribution in [1.82, 2.24) is 0 Å². The summed E-state index contributed by atoms with van der Waals surface area (Å²) in [6.07, 6.45) is 57.7. The molecule has 0 amide bonds. The number of ether oxygens (including phenoxy) is 3. The van der Waals surface area contributed by atoms with E-state index in [1.54, 1.807) is 0 Å². The van der Waals surface area contributed by atoms with Gasteiger partial charge >= 0.3 is 17.9 Å². The highest BCUT2D eigenvalue weighted by molar-refractivity contribution is 5.71. The minimum atomic E-state index is -0.793. The summed E-state index contributed by atoms with van der Waals surface area (Å²) >= 11 is 0. The number of allylic oxidation sites excluding steroid dienone is 10. The molecule has 0 saturated heterocycles. The third-order valence-electron chi connectivity index (χ3n) is 10.5. The molecule has 6 nitrogen and oxygen atoms in total. The van der Waals surface area contributed by atoms with Crippen LogP contribution in [0.2, 0.25) is 0 Å². The topological polar surface area (TPSA) is 78.9 Å². The minimum Gasteiger partial charge on any atom is -0.462 e. The number of esters is 3. The van der Waals surface area contributed by atoms with Crippen molar-refractivity contribution < 1.29 is 28.6 Å². The second kappa shape index (κ2) is 47.8. The molecule has 0 aromatic heterocycles. The van der Waals surface area contributed by atoms with Crippen molar-refractivity contribution in [2.24, 2.45) is 0 Å². The molecule has 0 bridgehead atoms. The first-order chi connectivity index (χ1) is 29.0. The smallest absolute Gasteiger partial charge is 0.306 e. The van der Waals surface area contributed by atoms with Crippen molar-refractivity contribution in [3.05, 3.63) is 60.8 Å². The Kier molecular flexibility index (Phi) is 45.4. The van der Waals surface area contributed by atoms with Crippen molar-refractivity contribution in [2.45, 2.75) is 245 Å². The van der Waals surface area contributed by atoms with Gasteiger partial charge in [-0.25, -0.2) is 0 Å². The molecule has 0 heterocycles. The van der Waals surface area contributed by atoms with Crippen LogP contribution in [0.15, 0.2) is 60.8 Å². The van der Waals surface area contributed by atoms with Gasteiger partial charge in [0.1, 0.15) is 13.2 Å². The second-order valence-corrected chi connectivity index (χ2v) is 16.4. The lowest BCUT2D eigenvalue weighted by atomic mass is 10.1. The highest BCUT2D eigenvalue weighted by atomic mass is 16.6. The van der Waals surface area contributed by atoms with Gasteiger partial charge in [0.15, 0.2) is 6.10 Å². The molecule has 0 aliphatic rings. The Balaban J connectivity index is 4.45. The molecule has 0 fully saturated rings. The van der Waals surface area contributed by atoms with Crippen molar-refractivity contribution >= 4 is 17.9 Å². The predicted molar refractivity (Wildman–Crippen MR) is 251 cm³/mol. The van der Waals surface area contributed by atoms with Gasteiger partial charge in [0.05, 0.1) is 0 Å². The molecule has 1 atom stereocenters. The highest BCUT2D eigenvalue weighted by Crippen LogP contribution is 2.13. The Bertz CT molecular complexity index is 1090. The average Bonchev–Trinajstić information content (AvgIpc) is 3.23. The Hall–Kier alpha value is -2.89. The molecule has 0 rings (SSSR count). The van der Waals surface area contributed by atoms with Gasteiger partial charge in [0.2, 0.25) is 0 Å². The maximum atomic E-state index is 12.8. The van der Waals surface area contributed by atoms with Crippen LogP contribution in [0.25, 0.3) is 0 Å². The molecule has 0 saturated carbocycles. The van der Waals surface area contributed by atoms with Crippen LogP contribution in [-0.4, -0.2) is 37.2 Å². The number of unbranched alkanes of at least 4 members (excludes halogenated alkanes) is 23. The summed E-state index contributed by atoms with van der Waals surface area (Å²) in [5, 5.41) is 0. The van der Waals surface area contributed by atoms with Crippen molar-refractivity contribution in [2.75, 3.05) is 13.2 Å². The average molecular weight is 825 g/mol. The Morgan fingerprint density at radius 2 is 0.627 bits per heavy atom. The Morgan fingerprint density at radius 1 is 0.339 bits per heavy atom. The molecule has 0 aliphatic heterocycles. The predicted octanol–water partition coefficient (Wildman–Crippen LogP) is 16.1. The van der Waals surface area contributed by atoms with Crippen LogP contribution in [-0.2, 0) is 28.6 Å². The molecule has 59 heavy (non-hydrogen) atoms. The molecular formula is C53H92O6. The van der Waals surface area contributed by atoms with Gasteiger partial charge < -0.3 is 14.2 Å². The SMILES string of the molecule is CCCC/C=C\CCCCCCCC(=O)OC[C@@H](COC(=O)CCCC/C=C\C/C=C\C/C=C\CCCCC)OC(=O)CCCCCCCCC/C=C\CCCCCC. The number of hydrogen-bond acceptors (Lipinski definition) is 6.